The molecule has 6 rings (SSSR count). The molecule has 3 aromatic carbocycles. The van der Waals surface area contributed by atoms with Crippen LogP contribution in [0.1, 0.15) is 47.0 Å². The van der Waals surface area contributed by atoms with Crippen molar-refractivity contribution >= 4 is 145 Å². The molecule has 1 N–H and O–H groups in total. The molecule has 2 aliphatic heterocycles. The third kappa shape index (κ3) is 3.93. The summed E-state index contributed by atoms with van der Waals surface area (Å²) in [5.74, 6) is -3.08. The smallest absolute Gasteiger partial charge is 0.267 e. The normalized spacial score (nSPS) is 15.6. The van der Waals surface area contributed by atoms with Crippen molar-refractivity contribution in [2.45, 2.75) is 0 Å². The van der Waals surface area contributed by atoms with Crippen LogP contribution in [0, 0.1) is 0 Å². The van der Waals surface area contributed by atoms with E-state index in [-0.39, 0.29) is 95.7 Å². The highest BCUT2D eigenvalue weighted by Gasteiger charge is 2.45. The van der Waals surface area contributed by atoms with Gasteiger partial charge in [0, 0.05) is 5.56 Å². The molecule has 0 atom stereocenters. The minimum atomic E-state index is -0.799. The lowest BCUT2D eigenvalue weighted by Gasteiger charge is -2.24. The second-order valence-electron chi connectivity index (χ2n) is 8.72. The van der Waals surface area contributed by atoms with Crippen molar-refractivity contribution in [2.75, 3.05) is 10.2 Å². The molecule has 15 heteroatoms. The number of nitrogens with zero attached hydrogens (tertiary/aromatic N) is 1. The first-order valence-corrected chi connectivity index (χ1v) is 14.4. The van der Waals surface area contributed by atoms with Crippen LogP contribution in [-0.4, -0.2) is 23.4 Å². The van der Waals surface area contributed by atoms with Crippen LogP contribution in [0.15, 0.2) is 29.5 Å². The van der Waals surface area contributed by atoms with E-state index in [2.05, 4.69) is 5.32 Å². The number of rotatable bonds is 1. The zero-order chi connectivity index (χ0) is 29.8. The fraction of sp³-hybridized carbons (Fsp3) is 0. The second-order valence-corrected chi connectivity index (χ2v) is 12.1. The lowest BCUT2D eigenvalue weighted by Crippen LogP contribution is -2.30. The molecular weight excluding hydrogens is 723 g/mol. The van der Waals surface area contributed by atoms with Crippen LogP contribution in [-0.2, 0) is 0 Å². The molecule has 3 aliphatic rings. The van der Waals surface area contributed by atoms with Crippen LogP contribution >= 0.6 is 104 Å². The molecule has 41 heavy (non-hydrogen) atoms. The molecule has 2 amide bonds. The summed E-state index contributed by atoms with van der Waals surface area (Å²) in [6, 6.07) is 2.85. The van der Waals surface area contributed by atoms with E-state index in [0.29, 0.717) is 0 Å². The number of hydrogen-bond acceptors (Lipinski definition) is 5. The van der Waals surface area contributed by atoms with Crippen molar-refractivity contribution < 1.29 is 19.2 Å². The van der Waals surface area contributed by atoms with Gasteiger partial charge in [-0.3, -0.25) is 19.2 Å². The van der Waals surface area contributed by atoms with Crippen molar-refractivity contribution in [1.29, 1.82) is 0 Å². The predicted octanol–water partition coefficient (Wildman–Crippen LogP) is 10.1. The number of allylic oxidation sites excluding steroid dienone is 2. The van der Waals surface area contributed by atoms with E-state index in [1.807, 2.05) is 0 Å². The highest BCUT2D eigenvalue weighted by atomic mass is 35.5. The van der Waals surface area contributed by atoms with Crippen LogP contribution in [0.4, 0.5) is 11.4 Å². The number of ketones is 2. The monoisotopic (exact) mass is 724 g/mol. The van der Waals surface area contributed by atoms with Gasteiger partial charge in [0.1, 0.15) is 0 Å². The number of amides is 2. The number of Topliss-reactive ketones (excluding diaryl/α,β-unsaturated/α-hetero) is 2. The third-order valence-electron chi connectivity index (χ3n) is 6.63. The zero-order valence-electron chi connectivity index (χ0n) is 19.3. The lowest BCUT2D eigenvalue weighted by atomic mass is 10.0. The molecule has 0 radical (unpaired) electrons. The molecule has 206 valence electrons. The summed E-state index contributed by atoms with van der Waals surface area (Å²) in [5, 5.41) is 1.52. The maximum absolute atomic E-state index is 13.5. The van der Waals surface area contributed by atoms with Crippen molar-refractivity contribution in [2.24, 2.45) is 0 Å². The van der Waals surface area contributed by atoms with Crippen molar-refractivity contribution in [3.63, 3.8) is 0 Å². The third-order valence-corrected chi connectivity index (χ3v) is 10.6. The van der Waals surface area contributed by atoms with Gasteiger partial charge in [0.2, 0.25) is 11.6 Å². The van der Waals surface area contributed by atoms with Crippen LogP contribution < -0.4 is 10.2 Å². The average molecular weight is 728 g/mol. The Bertz CT molecular complexity index is 1850. The number of nitrogens with one attached hydrogen (secondary N) is 1. The minimum Gasteiger partial charge on any atom is -0.353 e. The maximum atomic E-state index is 13.5. The number of imide groups is 1. The SMILES string of the molecule is O=C1C(=C2C=Cc3c(N4C(=O)c5c(Cl)c(Cl)c(Cl)c(Cl)c5C4=O)ccc(Cl)c3N2)C(=O)c2c(Cl)c(Cl)c(Cl)c(Cl)c21. The van der Waals surface area contributed by atoms with Gasteiger partial charge in [-0.15, -0.1) is 0 Å². The first-order valence-electron chi connectivity index (χ1n) is 11.0. The first kappa shape index (κ1) is 29.1. The average Bonchev–Trinajstić information content (AvgIpc) is 3.36. The quantitative estimate of drug-likeness (QED) is 0.0887. The molecular formula is C26H5Cl9N2O4. The maximum Gasteiger partial charge on any atom is 0.267 e. The number of anilines is 2. The van der Waals surface area contributed by atoms with Crippen molar-refractivity contribution in [3.05, 3.63) is 102 Å². The Kier molecular flexibility index (Phi) is 7.14. The van der Waals surface area contributed by atoms with E-state index in [4.69, 9.17) is 104 Å². The Hall–Kier alpha value is -1.97. The topological polar surface area (TPSA) is 83.6 Å². The zero-order valence-corrected chi connectivity index (χ0v) is 26.1. The second kappa shape index (κ2) is 10.1. The molecule has 3 aromatic rings. The van der Waals surface area contributed by atoms with Gasteiger partial charge in [0.25, 0.3) is 11.8 Å². The van der Waals surface area contributed by atoms with Crippen LogP contribution in [0.2, 0.25) is 45.2 Å². The lowest BCUT2D eigenvalue weighted by molar-refractivity contribution is 0.0922. The van der Waals surface area contributed by atoms with Gasteiger partial charge in [0.05, 0.1) is 90.1 Å². The summed E-state index contributed by atoms with van der Waals surface area (Å²) in [6.07, 6.45) is 2.87. The number of fused-ring (bicyclic) bond motifs is 3. The van der Waals surface area contributed by atoms with E-state index in [1.165, 1.54) is 24.3 Å². The van der Waals surface area contributed by atoms with E-state index >= 15 is 0 Å². The fourth-order valence-corrected chi connectivity index (χ4v) is 7.04. The van der Waals surface area contributed by atoms with E-state index in [0.717, 1.165) is 4.90 Å². The number of hydrogen-bond donors (Lipinski definition) is 1. The molecule has 0 unspecified atom stereocenters. The molecule has 6 nitrogen and oxygen atoms in total. The summed E-state index contributed by atoms with van der Waals surface area (Å²) < 4.78 is 0. The molecule has 1 aliphatic carbocycles. The minimum absolute atomic E-state index is 0.0501. The van der Waals surface area contributed by atoms with E-state index in [1.54, 1.807) is 0 Å². The Morgan fingerprint density at radius 3 is 1.44 bits per heavy atom. The molecule has 2 heterocycles. The largest absolute Gasteiger partial charge is 0.353 e. The van der Waals surface area contributed by atoms with E-state index < -0.39 is 23.4 Å². The van der Waals surface area contributed by atoms with Gasteiger partial charge in [-0.1, -0.05) is 104 Å². The van der Waals surface area contributed by atoms with Gasteiger partial charge >= 0.3 is 0 Å². The molecule has 0 bridgehead atoms. The Morgan fingerprint density at radius 2 is 0.976 bits per heavy atom. The highest BCUT2D eigenvalue weighted by Crippen LogP contribution is 2.50. The highest BCUT2D eigenvalue weighted by molar-refractivity contribution is 6.58. The molecule has 0 spiro atoms. The van der Waals surface area contributed by atoms with Gasteiger partial charge in [0.15, 0.2) is 0 Å². The molecule has 0 saturated carbocycles. The van der Waals surface area contributed by atoms with Gasteiger partial charge in [-0.25, -0.2) is 4.90 Å². The van der Waals surface area contributed by atoms with Crippen LogP contribution in [0.3, 0.4) is 0 Å². The summed E-state index contributed by atoms with van der Waals surface area (Å²) in [7, 11) is 0. The van der Waals surface area contributed by atoms with Gasteiger partial charge in [-0.05, 0) is 24.3 Å². The Labute approximate surface area is 275 Å². The van der Waals surface area contributed by atoms with Crippen molar-refractivity contribution in [1.82, 2.24) is 0 Å². The molecule has 0 fully saturated rings. The Balaban J connectivity index is 1.48. The molecule has 0 aromatic heterocycles. The van der Waals surface area contributed by atoms with Gasteiger partial charge < -0.3 is 5.32 Å². The number of carbonyl (C=O) groups excluding carboxylic acids is 4. The Morgan fingerprint density at radius 1 is 0.537 bits per heavy atom. The van der Waals surface area contributed by atoms with Gasteiger partial charge in [-0.2, -0.15) is 0 Å². The summed E-state index contributed by atoms with van der Waals surface area (Å²) in [4.78, 5) is 54.5. The standard InChI is InChI=1S/C26H5Cl9N2O4/c27-6-2-4-8(37-25(40)12-13(26(37)41)17(31)21(35)20(34)16(12)30)5-1-3-7(36-22(5)6)9-23(38)10-11(24(9)39)15(29)19(33)18(32)14(10)28/h1-4,36H. The van der Waals surface area contributed by atoms with E-state index in [9.17, 15) is 19.2 Å². The predicted molar refractivity (Wildman–Crippen MR) is 164 cm³/mol. The summed E-state index contributed by atoms with van der Waals surface area (Å²) in [5.41, 5.74) is -0.471. The first-order chi connectivity index (χ1) is 19.3. The summed E-state index contributed by atoms with van der Waals surface area (Å²) in [6.45, 7) is 0. The van der Waals surface area contributed by atoms with Crippen LogP contribution in [0.25, 0.3) is 6.08 Å². The van der Waals surface area contributed by atoms with Crippen molar-refractivity contribution in [3.8, 4) is 0 Å². The van der Waals surface area contributed by atoms with Crippen LogP contribution in [0.5, 0.6) is 0 Å². The number of carbonyl (C=O) groups is 4. The number of halogens is 9. The number of benzene rings is 3. The fourth-order valence-electron chi connectivity index (χ4n) is 4.79. The molecule has 0 saturated heterocycles. The summed E-state index contributed by atoms with van der Waals surface area (Å²) >= 11 is 56.0.